The van der Waals surface area contributed by atoms with Gasteiger partial charge in [0, 0.05) is 25.7 Å². The van der Waals surface area contributed by atoms with Gasteiger partial charge in [-0.1, -0.05) is 0 Å². The Bertz CT molecular complexity index is 773. The van der Waals surface area contributed by atoms with Gasteiger partial charge in [-0.05, 0) is 48.4 Å². The van der Waals surface area contributed by atoms with Crippen molar-refractivity contribution >= 4 is 29.9 Å². The van der Waals surface area contributed by atoms with Gasteiger partial charge in [0.1, 0.15) is 23.1 Å². The van der Waals surface area contributed by atoms with Gasteiger partial charge in [0.2, 0.25) is 0 Å². The first kappa shape index (κ1) is 22.9. The third-order valence-electron chi connectivity index (χ3n) is 3.85. The zero-order chi connectivity index (χ0) is 18.9. The molecule has 0 fully saturated rings. The van der Waals surface area contributed by atoms with E-state index in [1.165, 1.54) is 0 Å². The van der Waals surface area contributed by atoms with Crippen LogP contribution in [0.1, 0.15) is 11.1 Å². The van der Waals surface area contributed by atoms with Crippen LogP contribution in [0.15, 0.2) is 41.4 Å². The van der Waals surface area contributed by atoms with E-state index in [4.69, 9.17) is 9.47 Å². The number of ether oxygens (including phenoxy) is 2. The van der Waals surface area contributed by atoms with Crippen LogP contribution < -0.4 is 20.1 Å². The summed E-state index contributed by atoms with van der Waals surface area (Å²) >= 11 is 0. The Morgan fingerprint density at radius 3 is 2.44 bits per heavy atom. The van der Waals surface area contributed by atoms with E-state index in [0.29, 0.717) is 18.9 Å². The lowest BCUT2D eigenvalue weighted by molar-refractivity contribution is 0.398. The molecule has 27 heavy (non-hydrogen) atoms. The van der Waals surface area contributed by atoms with Gasteiger partial charge in [0.05, 0.1) is 14.2 Å². The lowest BCUT2D eigenvalue weighted by Gasteiger charge is -2.14. The van der Waals surface area contributed by atoms with Crippen LogP contribution >= 0.6 is 24.0 Å². The number of aliphatic imine (C=N–C) groups is 1. The summed E-state index contributed by atoms with van der Waals surface area (Å²) in [6.07, 6.45) is 0.676. The molecule has 0 amide bonds. The molecule has 0 radical (unpaired) electrons. The molecule has 2 aromatic carbocycles. The summed E-state index contributed by atoms with van der Waals surface area (Å²) in [6.45, 7) is 0.709. The van der Waals surface area contributed by atoms with Crippen molar-refractivity contribution in [3.05, 3.63) is 59.2 Å². The summed E-state index contributed by atoms with van der Waals surface area (Å²) in [5, 5.41) is 6.10. The largest absolute Gasteiger partial charge is 0.497 e. The van der Waals surface area contributed by atoms with Gasteiger partial charge in [-0.15, -0.1) is 24.0 Å². The fourth-order valence-electron chi connectivity index (χ4n) is 2.47. The Hall–Kier alpha value is -2.10. The molecule has 2 N–H and O–H groups in total. The van der Waals surface area contributed by atoms with Crippen molar-refractivity contribution in [1.29, 1.82) is 0 Å². The second-order valence-corrected chi connectivity index (χ2v) is 5.52. The van der Waals surface area contributed by atoms with Crippen LogP contribution in [0, 0.1) is 11.6 Å². The number of guanidine groups is 1. The van der Waals surface area contributed by atoms with Crippen molar-refractivity contribution in [2.75, 3.05) is 27.8 Å². The number of hydrogen-bond acceptors (Lipinski definition) is 3. The first-order valence-electron chi connectivity index (χ1n) is 8.16. The molecule has 0 saturated carbocycles. The third kappa shape index (κ3) is 6.85. The van der Waals surface area contributed by atoms with Crippen molar-refractivity contribution in [3.63, 3.8) is 0 Å². The highest BCUT2D eigenvalue weighted by Gasteiger charge is 2.07. The van der Waals surface area contributed by atoms with Crippen molar-refractivity contribution < 1.29 is 18.3 Å². The van der Waals surface area contributed by atoms with Crippen LogP contribution in [0.5, 0.6) is 11.5 Å². The average molecular weight is 491 g/mol. The van der Waals surface area contributed by atoms with Crippen LogP contribution in [0.2, 0.25) is 0 Å². The zero-order valence-corrected chi connectivity index (χ0v) is 17.8. The number of benzene rings is 2. The fourth-order valence-corrected chi connectivity index (χ4v) is 2.47. The van der Waals surface area contributed by atoms with Crippen molar-refractivity contribution in [2.45, 2.75) is 13.0 Å². The molecule has 0 aliphatic heterocycles. The van der Waals surface area contributed by atoms with Crippen LogP contribution in [-0.2, 0) is 13.0 Å². The highest BCUT2D eigenvalue weighted by atomic mass is 127. The van der Waals surface area contributed by atoms with Gasteiger partial charge >= 0.3 is 0 Å². The SMILES string of the molecule is CN=C(NCCc1cc(OC)ccc1OC)NCc1cc(F)ccc1F.I. The van der Waals surface area contributed by atoms with Gasteiger partial charge in [-0.3, -0.25) is 4.99 Å². The molecule has 0 spiro atoms. The zero-order valence-electron chi connectivity index (χ0n) is 15.5. The monoisotopic (exact) mass is 491 g/mol. The van der Waals surface area contributed by atoms with Gasteiger partial charge in [0.15, 0.2) is 5.96 Å². The van der Waals surface area contributed by atoms with E-state index in [1.54, 1.807) is 21.3 Å². The first-order valence-corrected chi connectivity index (χ1v) is 8.16. The topological polar surface area (TPSA) is 54.9 Å². The molecule has 5 nitrogen and oxygen atoms in total. The fraction of sp³-hybridized carbons (Fsp3) is 0.316. The number of halogens is 3. The Morgan fingerprint density at radius 1 is 1.00 bits per heavy atom. The molecule has 0 saturated heterocycles. The summed E-state index contributed by atoms with van der Waals surface area (Å²) in [6, 6.07) is 8.97. The molecule has 0 bridgehead atoms. The van der Waals surface area contributed by atoms with E-state index in [1.807, 2.05) is 18.2 Å². The van der Waals surface area contributed by atoms with Crippen molar-refractivity contribution in [1.82, 2.24) is 10.6 Å². The molecule has 0 aliphatic rings. The Labute approximate surface area is 175 Å². The number of nitrogens with one attached hydrogen (secondary N) is 2. The lowest BCUT2D eigenvalue weighted by atomic mass is 10.1. The Balaban J connectivity index is 0.00000364. The first-order chi connectivity index (χ1) is 12.6. The molecule has 0 aliphatic carbocycles. The second kappa shape index (κ2) is 11.6. The van der Waals surface area contributed by atoms with Crippen LogP contribution in [0.25, 0.3) is 0 Å². The van der Waals surface area contributed by atoms with Crippen molar-refractivity contribution in [3.8, 4) is 11.5 Å². The molecule has 2 aromatic rings. The summed E-state index contributed by atoms with van der Waals surface area (Å²) in [5.41, 5.74) is 1.23. The Morgan fingerprint density at radius 2 is 1.78 bits per heavy atom. The lowest BCUT2D eigenvalue weighted by Crippen LogP contribution is -2.38. The molecule has 0 atom stereocenters. The normalized spacial score (nSPS) is 10.8. The van der Waals surface area contributed by atoms with E-state index in [2.05, 4.69) is 15.6 Å². The molecule has 0 aromatic heterocycles. The maximum absolute atomic E-state index is 13.7. The van der Waals surface area contributed by atoms with E-state index in [-0.39, 0.29) is 36.1 Å². The second-order valence-electron chi connectivity index (χ2n) is 5.52. The summed E-state index contributed by atoms with van der Waals surface area (Å²) in [7, 11) is 4.84. The summed E-state index contributed by atoms with van der Waals surface area (Å²) in [5.74, 6) is 1.09. The number of hydrogen-bond donors (Lipinski definition) is 2. The van der Waals surface area contributed by atoms with E-state index in [0.717, 1.165) is 35.3 Å². The summed E-state index contributed by atoms with van der Waals surface area (Å²) in [4.78, 5) is 4.08. The number of nitrogens with zero attached hydrogens (tertiary/aromatic N) is 1. The number of rotatable bonds is 7. The third-order valence-corrected chi connectivity index (χ3v) is 3.85. The standard InChI is InChI=1S/C19H23F2N3O2.HI/c1-22-19(24-12-14-10-15(20)4-6-17(14)21)23-9-8-13-11-16(25-2)5-7-18(13)26-3;/h4-7,10-11H,8-9,12H2,1-3H3,(H2,22,23,24);1H. The molecular formula is C19H24F2IN3O2. The quantitative estimate of drug-likeness (QED) is 0.354. The van der Waals surface area contributed by atoms with Gasteiger partial charge < -0.3 is 20.1 Å². The minimum absolute atomic E-state index is 0. The maximum Gasteiger partial charge on any atom is 0.191 e. The highest BCUT2D eigenvalue weighted by molar-refractivity contribution is 14.0. The minimum Gasteiger partial charge on any atom is -0.497 e. The van der Waals surface area contributed by atoms with Gasteiger partial charge in [-0.25, -0.2) is 8.78 Å². The van der Waals surface area contributed by atoms with Crippen LogP contribution in [-0.4, -0.2) is 33.8 Å². The van der Waals surface area contributed by atoms with E-state index < -0.39 is 11.6 Å². The van der Waals surface area contributed by atoms with Gasteiger partial charge in [0.25, 0.3) is 0 Å². The smallest absolute Gasteiger partial charge is 0.191 e. The Kier molecular flexibility index (Phi) is 9.84. The molecule has 148 valence electrons. The molecular weight excluding hydrogens is 467 g/mol. The van der Waals surface area contributed by atoms with Gasteiger partial charge in [-0.2, -0.15) is 0 Å². The predicted octanol–water partition coefficient (Wildman–Crippen LogP) is 3.51. The van der Waals surface area contributed by atoms with Crippen molar-refractivity contribution in [2.24, 2.45) is 4.99 Å². The molecule has 2 rings (SSSR count). The van der Waals surface area contributed by atoms with Crippen LogP contribution in [0.3, 0.4) is 0 Å². The molecule has 0 heterocycles. The predicted molar refractivity (Wildman–Crippen MR) is 113 cm³/mol. The maximum atomic E-state index is 13.7. The van der Waals surface area contributed by atoms with E-state index in [9.17, 15) is 8.78 Å². The summed E-state index contributed by atoms with van der Waals surface area (Å²) < 4.78 is 37.5. The van der Waals surface area contributed by atoms with E-state index >= 15 is 0 Å². The minimum atomic E-state index is -0.476. The average Bonchev–Trinajstić information content (AvgIpc) is 2.66. The van der Waals surface area contributed by atoms with Crippen LogP contribution in [0.4, 0.5) is 8.78 Å². The number of methoxy groups -OCH3 is 2. The molecule has 8 heteroatoms. The molecule has 0 unspecified atom stereocenters. The highest BCUT2D eigenvalue weighted by Crippen LogP contribution is 2.24.